The molecule has 0 saturated carbocycles. The number of hydrogen-bond donors (Lipinski definition) is 1. The van der Waals surface area contributed by atoms with Crippen molar-refractivity contribution in [1.82, 2.24) is 0 Å². The van der Waals surface area contributed by atoms with Gasteiger partial charge in [-0.25, -0.2) is 9.59 Å². The summed E-state index contributed by atoms with van der Waals surface area (Å²) >= 11 is 0. The van der Waals surface area contributed by atoms with Crippen molar-refractivity contribution in [2.75, 3.05) is 25.0 Å². The van der Waals surface area contributed by atoms with E-state index in [4.69, 9.17) is 9.47 Å². The van der Waals surface area contributed by atoms with E-state index >= 15 is 0 Å². The number of nitrogens with zero attached hydrogens (tertiary/aromatic N) is 2. The van der Waals surface area contributed by atoms with Gasteiger partial charge in [0.1, 0.15) is 5.60 Å². The molecule has 0 bridgehead atoms. The first-order chi connectivity index (χ1) is 10.8. The highest BCUT2D eigenvalue weighted by atomic mass is 16.6. The molecule has 0 saturated heterocycles. The minimum absolute atomic E-state index is 0.332. The number of carbonyl (C=O) groups is 2. The number of rotatable bonds is 6. The third kappa shape index (κ3) is 7.94. The number of benzene rings is 1. The summed E-state index contributed by atoms with van der Waals surface area (Å²) in [5, 5.41) is 10.3. The summed E-state index contributed by atoms with van der Waals surface area (Å²) in [6.07, 6.45) is -0.698. The Bertz CT molecular complexity index is 547. The fraction of sp³-hybridized carbons (Fsp3) is 0.500. The van der Waals surface area contributed by atoms with Gasteiger partial charge in [0, 0.05) is 12.2 Å². The highest BCUT2D eigenvalue weighted by Crippen LogP contribution is 2.10. The Morgan fingerprint density at radius 1 is 1.17 bits per heavy atom. The average molecular weight is 321 g/mol. The molecule has 0 heterocycles. The highest BCUT2D eigenvalue weighted by Gasteiger charge is 2.15. The fourth-order valence-corrected chi connectivity index (χ4v) is 1.58. The Hall–Kier alpha value is -2.44. The summed E-state index contributed by atoms with van der Waals surface area (Å²) in [6, 6.07) is 6.92. The number of azo groups is 1. The van der Waals surface area contributed by atoms with E-state index in [1.807, 2.05) is 0 Å². The topological polar surface area (TPSA) is 89.4 Å². The van der Waals surface area contributed by atoms with Gasteiger partial charge in [-0.1, -0.05) is 5.11 Å². The SMILES string of the molecule is CCOC(=O)c1ccc(NCCN=NC(=O)OC(C)(C)C)cc1. The molecule has 126 valence electrons. The smallest absolute Gasteiger partial charge is 0.452 e. The van der Waals surface area contributed by atoms with Crippen molar-refractivity contribution in [2.45, 2.75) is 33.3 Å². The molecule has 0 spiro atoms. The van der Waals surface area contributed by atoms with Crippen LogP contribution in [0.2, 0.25) is 0 Å². The lowest BCUT2D eigenvalue weighted by atomic mass is 10.2. The van der Waals surface area contributed by atoms with Gasteiger partial charge in [-0.2, -0.15) is 5.11 Å². The summed E-state index contributed by atoms with van der Waals surface area (Å²) in [5.41, 5.74) is 0.766. The van der Waals surface area contributed by atoms with Crippen molar-refractivity contribution in [3.63, 3.8) is 0 Å². The lowest BCUT2D eigenvalue weighted by Gasteiger charge is -2.16. The molecular formula is C16H23N3O4. The zero-order valence-electron chi connectivity index (χ0n) is 14.0. The van der Waals surface area contributed by atoms with Crippen molar-refractivity contribution in [3.05, 3.63) is 29.8 Å². The fourth-order valence-electron chi connectivity index (χ4n) is 1.58. The molecule has 1 rings (SSSR count). The van der Waals surface area contributed by atoms with Gasteiger partial charge >= 0.3 is 12.1 Å². The zero-order chi connectivity index (χ0) is 17.3. The summed E-state index contributed by atoms with van der Waals surface area (Å²) in [6.45, 7) is 8.25. The van der Waals surface area contributed by atoms with Gasteiger partial charge in [0.15, 0.2) is 0 Å². The number of nitrogens with one attached hydrogen (secondary N) is 1. The Morgan fingerprint density at radius 2 is 1.83 bits per heavy atom. The van der Waals surface area contributed by atoms with Crippen LogP contribution in [-0.2, 0) is 9.47 Å². The van der Waals surface area contributed by atoms with Gasteiger partial charge in [0.2, 0.25) is 0 Å². The summed E-state index contributed by atoms with van der Waals surface area (Å²) in [4.78, 5) is 22.8. The molecule has 1 amide bonds. The van der Waals surface area contributed by atoms with E-state index in [1.165, 1.54) is 0 Å². The van der Waals surface area contributed by atoms with Gasteiger partial charge in [0.05, 0.1) is 18.7 Å². The van der Waals surface area contributed by atoms with Crippen LogP contribution < -0.4 is 5.32 Å². The third-order valence-corrected chi connectivity index (χ3v) is 2.48. The molecule has 0 aliphatic rings. The first-order valence-corrected chi connectivity index (χ1v) is 7.43. The maximum atomic E-state index is 11.5. The van der Waals surface area contributed by atoms with Gasteiger partial charge in [0.25, 0.3) is 0 Å². The van der Waals surface area contributed by atoms with Crippen molar-refractivity contribution >= 4 is 17.7 Å². The van der Waals surface area contributed by atoms with Crippen LogP contribution in [0.5, 0.6) is 0 Å². The van der Waals surface area contributed by atoms with Crippen LogP contribution in [0, 0.1) is 0 Å². The van der Waals surface area contributed by atoms with Crippen molar-refractivity contribution < 1.29 is 19.1 Å². The number of carbonyl (C=O) groups excluding carboxylic acids is 2. The van der Waals surface area contributed by atoms with E-state index in [9.17, 15) is 9.59 Å². The minimum atomic E-state index is -0.698. The van der Waals surface area contributed by atoms with Crippen LogP contribution in [-0.4, -0.2) is 37.4 Å². The van der Waals surface area contributed by atoms with E-state index in [-0.39, 0.29) is 5.97 Å². The predicted octanol–water partition coefficient (Wildman–Crippen LogP) is 3.66. The van der Waals surface area contributed by atoms with Crippen LogP contribution in [0.1, 0.15) is 38.1 Å². The number of anilines is 1. The number of esters is 1. The lowest BCUT2D eigenvalue weighted by molar-refractivity contribution is 0.0524. The van der Waals surface area contributed by atoms with E-state index in [1.54, 1.807) is 52.0 Å². The molecule has 1 N–H and O–H groups in total. The van der Waals surface area contributed by atoms with E-state index in [0.29, 0.717) is 25.3 Å². The Kier molecular flexibility index (Phi) is 7.18. The Balaban J connectivity index is 2.33. The summed E-state index contributed by atoms with van der Waals surface area (Å²) in [7, 11) is 0. The maximum Gasteiger partial charge on any atom is 0.452 e. The first kappa shape index (κ1) is 18.6. The van der Waals surface area contributed by atoms with E-state index in [0.717, 1.165) is 5.69 Å². The first-order valence-electron chi connectivity index (χ1n) is 7.43. The Morgan fingerprint density at radius 3 is 2.39 bits per heavy atom. The van der Waals surface area contributed by atoms with Gasteiger partial charge < -0.3 is 14.8 Å². The predicted molar refractivity (Wildman–Crippen MR) is 86.8 cm³/mol. The molecule has 0 aliphatic carbocycles. The molecule has 0 fully saturated rings. The quantitative estimate of drug-likeness (QED) is 0.490. The molecular weight excluding hydrogens is 298 g/mol. The molecule has 23 heavy (non-hydrogen) atoms. The zero-order valence-corrected chi connectivity index (χ0v) is 14.0. The molecule has 0 radical (unpaired) electrons. The largest absolute Gasteiger partial charge is 0.462 e. The standard InChI is InChI=1S/C16H23N3O4/c1-5-22-14(20)12-6-8-13(9-7-12)17-10-11-18-19-15(21)23-16(2,3)4/h6-9,17H,5,10-11H2,1-4H3. The number of ether oxygens (including phenoxy) is 2. The number of hydrogen-bond acceptors (Lipinski definition) is 6. The normalized spacial score (nSPS) is 11.3. The van der Waals surface area contributed by atoms with Crippen LogP contribution in [0.15, 0.2) is 34.5 Å². The third-order valence-electron chi connectivity index (χ3n) is 2.48. The van der Waals surface area contributed by atoms with Gasteiger partial charge in [-0.05, 0) is 52.0 Å². The van der Waals surface area contributed by atoms with Crippen LogP contribution in [0.25, 0.3) is 0 Å². The Labute approximate surface area is 136 Å². The highest BCUT2D eigenvalue weighted by molar-refractivity contribution is 5.89. The molecule has 0 aliphatic heterocycles. The molecule has 7 heteroatoms. The van der Waals surface area contributed by atoms with Crippen molar-refractivity contribution in [1.29, 1.82) is 0 Å². The molecule has 7 nitrogen and oxygen atoms in total. The summed E-state index contributed by atoms with van der Waals surface area (Å²) < 4.78 is 9.90. The average Bonchev–Trinajstić information content (AvgIpc) is 2.46. The van der Waals surface area contributed by atoms with Crippen molar-refractivity contribution in [3.8, 4) is 0 Å². The van der Waals surface area contributed by atoms with Crippen LogP contribution in [0.3, 0.4) is 0 Å². The van der Waals surface area contributed by atoms with E-state index < -0.39 is 11.7 Å². The molecule has 1 aromatic rings. The van der Waals surface area contributed by atoms with Gasteiger partial charge in [-0.15, -0.1) is 0 Å². The number of amides is 1. The molecule has 0 aromatic heterocycles. The molecule has 0 unspecified atom stereocenters. The molecule has 0 atom stereocenters. The lowest BCUT2D eigenvalue weighted by Crippen LogP contribution is -2.21. The second-order valence-corrected chi connectivity index (χ2v) is 5.67. The second kappa shape index (κ2) is 8.87. The monoisotopic (exact) mass is 321 g/mol. The van der Waals surface area contributed by atoms with E-state index in [2.05, 4.69) is 15.5 Å². The minimum Gasteiger partial charge on any atom is -0.462 e. The molecule has 1 aromatic carbocycles. The van der Waals surface area contributed by atoms with Crippen molar-refractivity contribution in [2.24, 2.45) is 10.2 Å². The second-order valence-electron chi connectivity index (χ2n) is 5.67. The van der Waals surface area contributed by atoms with Gasteiger partial charge in [-0.3, -0.25) is 0 Å². The van der Waals surface area contributed by atoms with Crippen LogP contribution in [0.4, 0.5) is 10.5 Å². The summed E-state index contributed by atoms with van der Waals surface area (Å²) in [5.74, 6) is -0.342. The van der Waals surface area contributed by atoms with Crippen LogP contribution >= 0.6 is 0 Å². The maximum absolute atomic E-state index is 11.5.